The Balaban J connectivity index is 1.48. The standard InChI is InChI=1S/C28H27FN2O5/c1-16-12-23(30(25(16)32)19-10-7-9-18(29)14-19)35-15-22-21-13-17-8-5-6-11-20(17)24(21)31(26(22)33)27(34)36-28(2,3)4/h5-12,14-15,21,23-24H,13H2,1-4H3/b22-15+. The van der Waals surface area contributed by atoms with Gasteiger partial charge >= 0.3 is 6.09 Å². The zero-order chi connectivity index (χ0) is 25.8. The van der Waals surface area contributed by atoms with Gasteiger partial charge in [-0.1, -0.05) is 30.3 Å². The number of anilines is 1. The number of benzene rings is 2. The molecule has 1 fully saturated rings. The lowest BCUT2D eigenvalue weighted by atomic mass is 9.97. The zero-order valence-electron chi connectivity index (χ0n) is 20.5. The van der Waals surface area contributed by atoms with Crippen molar-refractivity contribution >= 4 is 23.6 Å². The highest BCUT2D eigenvalue weighted by Crippen LogP contribution is 2.50. The van der Waals surface area contributed by atoms with Crippen LogP contribution in [0.2, 0.25) is 0 Å². The number of hydrogen-bond donors (Lipinski definition) is 0. The molecule has 0 bridgehead atoms. The molecule has 36 heavy (non-hydrogen) atoms. The van der Waals surface area contributed by atoms with Crippen LogP contribution in [-0.2, 0) is 25.5 Å². The van der Waals surface area contributed by atoms with Crippen molar-refractivity contribution in [3.63, 3.8) is 0 Å². The summed E-state index contributed by atoms with van der Waals surface area (Å²) in [4.78, 5) is 41.9. The van der Waals surface area contributed by atoms with Crippen molar-refractivity contribution in [2.75, 3.05) is 4.90 Å². The molecule has 1 saturated heterocycles. The van der Waals surface area contributed by atoms with E-state index in [9.17, 15) is 18.8 Å². The molecule has 2 aromatic carbocycles. The van der Waals surface area contributed by atoms with Gasteiger partial charge in [-0.2, -0.15) is 0 Å². The van der Waals surface area contributed by atoms with Crippen molar-refractivity contribution in [2.45, 2.75) is 52.0 Å². The number of nitrogens with zero attached hydrogens (tertiary/aromatic N) is 2. The van der Waals surface area contributed by atoms with Gasteiger partial charge in [-0.3, -0.25) is 14.5 Å². The van der Waals surface area contributed by atoms with E-state index in [1.165, 1.54) is 34.3 Å². The van der Waals surface area contributed by atoms with Crippen LogP contribution in [0.1, 0.15) is 44.9 Å². The Morgan fingerprint density at radius 2 is 1.83 bits per heavy atom. The van der Waals surface area contributed by atoms with Crippen molar-refractivity contribution in [3.05, 3.63) is 89.0 Å². The number of likely N-dealkylation sites (tertiary alicyclic amines) is 1. The lowest BCUT2D eigenvalue weighted by Crippen LogP contribution is -2.39. The zero-order valence-corrected chi connectivity index (χ0v) is 20.5. The van der Waals surface area contributed by atoms with Crippen molar-refractivity contribution in [3.8, 4) is 0 Å². The van der Waals surface area contributed by atoms with Crippen LogP contribution < -0.4 is 4.90 Å². The lowest BCUT2D eigenvalue weighted by Gasteiger charge is -2.27. The third kappa shape index (κ3) is 4.06. The Morgan fingerprint density at radius 3 is 2.56 bits per heavy atom. The number of rotatable bonds is 3. The van der Waals surface area contributed by atoms with Crippen molar-refractivity contribution in [2.24, 2.45) is 5.92 Å². The Kier molecular flexibility index (Phi) is 5.70. The number of carbonyl (C=O) groups excluding carboxylic acids is 3. The van der Waals surface area contributed by atoms with Crippen LogP contribution in [0.15, 0.2) is 72.0 Å². The number of carbonyl (C=O) groups is 3. The number of imide groups is 1. The minimum atomic E-state index is -0.864. The van der Waals surface area contributed by atoms with E-state index in [-0.39, 0.29) is 11.8 Å². The molecule has 2 aromatic rings. The topological polar surface area (TPSA) is 76.2 Å². The number of amides is 3. The first kappa shape index (κ1) is 23.8. The first-order valence-electron chi connectivity index (χ1n) is 11.8. The van der Waals surface area contributed by atoms with Gasteiger partial charge < -0.3 is 9.47 Å². The summed E-state index contributed by atoms with van der Waals surface area (Å²) in [5, 5.41) is 0. The van der Waals surface area contributed by atoms with Gasteiger partial charge in [0, 0.05) is 11.5 Å². The fourth-order valence-electron chi connectivity index (χ4n) is 5.04. The van der Waals surface area contributed by atoms with Crippen LogP contribution in [0.25, 0.3) is 0 Å². The Labute approximate surface area is 208 Å². The van der Waals surface area contributed by atoms with E-state index in [2.05, 4.69) is 0 Å². The fourth-order valence-corrected chi connectivity index (χ4v) is 5.04. The minimum Gasteiger partial charge on any atom is -0.474 e. The molecule has 3 aliphatic rings. The summed E-state index contributed by atoms with van der Waals surface area (Å²) in [6.07, 6.45) is 1.95. The average Bonchev–Trinajstić information content (AvgIpc) is 3.39. The van der Waals surface area contributed by atoms with Crippen molar-refractivity contribution < 1.29 is 28.2 Å². The van der Waals surface area contributed by atoms with E-state index in [4.69, 9.17) is 9.47 Å². The normalized spacial score (nSPS) is 24.2. The summed E-state index contributed by atoms with van der Waals surface area (Å²) >= 11 is 0. The molecule has 8 heteroatoms. The van der Waals surface area contributed by atoms with E-state index in [1.54, 1.807) is 39.8 Å². The molecule has 0 spiro atoms. The van der Waals surface area contributed by atoms with Gasteiger partial charge in [-0.25, -0.2) is 14.1 Å². The van der Waals surface area contributed by atoms with Gasteiger partial charge in [0.1, 0.15) is 11.4 Å². The highest BCUT2D eigenvalue weighted by Gasteiger charge is 2.53. The van der Waals surface area contributed by atoms with Gasteiger partial charge in [0.05, 0.1) is 23.6 Å². The molecule has 186 valence electrons. The van der Waals surface area contributed by atoms with Gasteiger partial charge in [-0.15, -0.1) is 0 Å². The van der Waals surface area contributed by atoms with E-state index >= 15 is 0 Å². The number of fused-ring (bicyclic) bond motifs is 3. The summed E-state index contributed by atoms with van der Waals surface area (Å²) in [7, 11) is 0. The Bertz CT molecular complexity index is 1330. The number of halogens is 1. The maximum absolute atomic E-state index is 13.9. The largest absolute Gasteiger partial charge is 0.474 e. The van der Waals surface area contributed by atoms with Crippen LogP contribution in [0.4, 0.5) is 14.9 Å². The predicted octanol–water partition coefficient (Wildman–Crippen LogP) is 5.04. The molecule has 0 aromatic heterocycles. The third-order valence-corrected chi connectivity index (χ3v) is 6.55. The van der Waals surface area contributed by atoms with E-state index in [1.807, 2.05) is 24.3 Å². The van der Waals surface area contributed by atoms with Crippen LogP contribution >= 0.6 is 0 Å². The molecule has 3 unspecified atom stereocenters. The number of ether oxygens (including phenoxy) is 2. The summed E-state index contributed by atoms with van der Waals surface area (Å²) in [5.41, 5.74) is 2.29. The molecule has 1 aliphatic carbocycles. The lowest BCUT2D eigenvalue weighted by molar-refractivity contribution is -0.125. The van der Waals surface area contributed by atoms with Gasteiger partial charge in [-0.05, 0) is 69.5 Å². The Morgan fingerprint density at radius 1 is 1.08 bits per heavy atom. The third-order valence-electron chi connectivity index (χ3n) is 6.55. The monoisotopic (exact) mass is 490 g/mol. The Hall–Kier alpha value is -3.94. The molecular weight excluding hydrogens is 463 g/mol. The second kappa shape index (κ2) is 8.62. The SMILES string of the molecule is CC1=CC(O/C=C2/C(=O)N(C(=O)OC(C)(C)C)C3c4ccccc4CC23)N(c2cccc(F)c2)C1=O. The summed E-state index contributed by atoms with van der Waals surface area (Å²) in [5.74, 6) is -1.60. The van der Waals surface area contributed by atoms with E-state index < -0.39 is 35.7 Å². The molecule has 2 heterocycles. The molecule has 0 N–H and O–H groups in total. The maximum Gasteiger partial charge on any atom is 0.417 e. The predicted molar refractivity (Wildman–Crippen MR) is 130 cm³/mol. The van der Waals surface area contributed by atoms with Crippen LogP contribution in [0.5, 0.6) is 0 Å². The van der Waals surface area contributed by atoms with Crippen molar-refractivity contribution in [1.82, 2.24) is 4.90 Å². The van der Waals surface area contributed by atoms with Crippen LogP contribution in [-0.4, -0.2) is 34.6 Å². The van der Waals surface area contributed by atoms with E-state index in [0.717, 1.165) is 11.1 Å². The minimum absolute atomic E-state index is 0.313. The van der Waals surface area contributed by atoms with Gasteiger partial charge in [0.25, 0.3) is 11.8 Å². The summed E-state index contributed by atoms with van der Waals surface area (Å²) in [6.45, 7) is 6.90. The molecule has 3 atom stereocenters. The quantitative estimate of drug-likeness (QED) is 0.445. The second-order valence-electron chi connectivity index (χ2n) is 10.2. The van der Waals surface area contributed by atoms with Crippen LogP contribution in [0.3, 0.4) is 0 Å². The van der Waals surface area contributed by atoms with E-state index in [0.29, 0.717) is 23.3 Å². The molecule has 5 rings (SSSR count). The first-order valence-corrected chi connectivity index (χ1v) is 11.8. The summed E-state index contributed by atoms with van der Waals surface area (Å²) < 4.78 is 25.4. The second-order valence-corrected chi connectivity index (χ2v) is 10.2. The van der Waals surface area contributed by atoms with Gasteiger partial charge in [0.2, 0.25) is 0 Å². The maximum atomic E-state index is 13.9. The molecule has 2 aliphatic heterocycles. The summed E-state index contributed by atoms with van der Waals surface area (Å²) in [6, 6.07) is 12.9. The first-order chi connectivity index (χ1) is 17.0. The van der Waals surface area contributed by atoms with Gasteiger partial charge in [0.15, 0.2) is 6.23 Å². The molecule has 7 nitrogen and oxygen atoms in total. The number of hydrogen-bond acceptors (Lipinski definition) is 5. The fraction of sp³-hybridized carbons (Fsp3) is 0.321. The smallest absolute Gasteiger partial charge is 0.417 e. The molecular formula is C28H27FN2O5. The average molecular weight is 491 g/mol. The van der Waals surface area contributed by atoms with Crippen LogP contribution in [0, 0.1) is 11.7 Å². The highest BCUT2D eigenvalue weighted by molar-refractivity contribution is 6.08. The molecule has 0 saturated carbocycles. The molecule has 0 radical (unpaired) electrons. The van der Waals surface area contributed by atoms with Crippen molar-refractivity contribution in [1.29, 1.82) is 0 Å². The molecule has 3 amide bonds. The highest BCUT2D eigenvalue weighted by atomic mass is 19.1.